The molecule has 0 saturated heterocycles. The van der Waals surface area contributed by atoms with Crippen LogP contribution >= 0.6 is 0 Å². The molecule has 0 saturated carbocycles. The maximum absolute atomic E-state index is 5.77. The van der Waals surface area contributed by atoms with Crippen LogP contribution in [-0.2, 0) is 0 Å². The van der Waals surface area contributed by atoms with Gasteiger partial charge in [0.1, 0.15) is 20.3 Å². The van der Waals surface area contributed by atoms with Gasteiger partial charge in [-0.25, -0.2) is 0 Å². The van der Waals surface area contributed by atoms with Crippen molar-refractivity contribution in [2.45, 2.75) is 17.4 Å². The predicted octanol–water partition coefficient (Wildman–Crippen LogP) is -0.687. The highest BCUT2D eigenvalue weighted by Gasteiger charge is 2.36. The van der Waals surface area contributed by atoms with E-state index >= 15 is 0 Å². The SMILES string of the molecule is [B]C1N=C(C2COc3ccccc3O2)NC1([B])[B]. The van der Waals surface area contributed by atoms with Gasteiger partial charge in [0, 0.05) is 5.94 Å². The predicted molar refractivity (Wildman–Crippen MR) is 70.7 cm³/mol. The Balaban J connectivity index is 1.80. The molecule has 2 heterocycles. The summed E-state index contributed by atoms with van der Waals surface area (Å²) in [6.45, 7) is 0.339. The van der Waals surface area contributed by atoms with Crippen molar-refractivity contribution in [1.29, 1.82) is 0 Å². The highest BCUT2D eigenvalue weighted by Crippen LogP contribution is 2.31. The fourth-order valence-electron chi connectivity index (χ4n) is 1.90. The molecule has 1 aromatic carbocycles. The molecule has 18 heavy (non-hydrogen) atoms. The van der Waals surface area contributed by atoms with Gasteiger partial charge in [-0.15, -0.1) is 0 Å². The Labute approximate surface area is 109 Å². The van der Waals surface area contributed by atoms with Gasteiger partial charge < -0.3 is 14.8 Å². The van der Waals surface area contributed by atoms with E-state index in [1.54, 1.807) is 0 Å². The van der Waals surface area contributed by atoms with Crippen LogP contribution in [0.15, 0.2) is 29.3 Å². The van der Waals surface area contributed by atoms with E-state index in [2.05, 4.69) is 10.3 Å². The minimum absolute atomic E-state index is 0.339. The third-order valence-electron chi connectivity index (χ3n) is 2.93. The normalized spacial score (nSPS) is 28.3. The van der Waals surface area contributed by atoms with Gasteiger partial charge >= 0.3 is 0 Å². The van der Waals surface area contributed by atoms with E-state index < -0.39 is 11.3 Å². The number of hydrogen-bond acceptors (Lipinski definition) is 4. The Bertz CT molecular complexity index is 507. The van der Waals surface area contributed by atoms with Gasteiger partial charge in [0.25, 0.3) is 0 Å². The highest BCUT2D eigenvalue weighted by atomic mass is 16.6. The number of hydrogen-bond donors (Lipinski definition) is 1. The number of fused-ring (bicyclic) bond motifs is 1. The summed E-state index contributed by atoms with van der Waals surface area (Å²) < 4.78 is 11.4. The number of ether oxygens (including phenoxy) is 2. The van der Waals surface area contributed by atoms with Crippen LogP contribution in [0.5, 0.6) is 11.5 Å². The van der Waals surface area contributed by atoms with Crippen LogP contribution in [0.2, 0.25) is 0 Å². The summed E-state index contributed by atoms with van der Waals surface area (Å²) in [5.74, 6) is 1.19. The average Bonchev–Trinajstić information content (AvgIpc) is 2.63. The monoisotopic (exact) mass is 234 g/mol. The third kappa shape index (κ3) is 1.87. The Morgan fingerprint density at radius 2 is 2.00 bits per heavy atom. The maximum Gasteiger partial charge on any atom is 0.189 e. The highest BCUT2D eigenvalue weighted by molar-refractivity contribution is 6.46. The molecule has 0 bridgehead atoms. The van der Waals surface area contributed by atoms with E-state index in [0.29, 0.717) is 23.9 Å². The lowest BCUT2D eigenvalue weighted by Gasteiger charge is -2.29. The van der Waals surface area contributed by atoms with E-state index in [0.717, 1.165) is 0 Å². The van der Waals surface area contributed by atoms with E-state index in [9.17, 15) is 0 Å². The molecular formula is C11H9B3N2O2. The summed E-state index contributed by atoms with van der Waals surface area (Å²) in [6, 6.07) is 7.43. The standard InChI is InChI=1S/C11H9B3N2O2/c12-10-11(13,14)16-9(15-10)8-5-17-6-3-1-2-4-7(6)18-8/h1-4,8,10H,5H2,(H,15,16). The number of nitrogens with one attached hydrogen (secondary N) is 1. The Kier molecular flexibility index (Phi) is 2.57. The number of aliphatic imine (C=N–C) groups is 1. The zero-order valence-corrected chi connectivity index (χ0v) is 9.67. The van der Waals surface area contributed by atoms with E-state index in [-0.39, 0.29) is 6.10 Å². The first-order chi connectivity index (χ1) is 8.56. The van der Waals surface area contributed by atoms with Crippen LogP contribution in [-0.4, -0.2) is 53.4 Å². The fourth-order valence-corrected chi connectivity index (χ4v) is 1.90. The first-order valence-corrected chi connectivity index (χ1v) is 5.64. The second-order valence-electron chi connectivity index (χ2n) is 4.38. The summed E-state index contributed by atoms with van der Waals surface area (Å²) in [7, 11) is 17.2. The largest absolute Gasteiger partial charge is 0.485 e. The lowest BCUT2D eigenvalue weighted by Crippen LogP contribution is -2.55. The summed E-state index contributed by atoms with van der Waals surface area (Å²) in [6.07, 6.45) is -0.375. The number of benzene rings is 1. The van der Waals surface area contributed by atoms with Crippen LogP contribution in [0.3, 0.4) is 0 Å². The second kappa shape index (κ2) is 4.00. The van der Waals surface area contributed by atoms with Crippen LogP contribution in [0.25, 0.3) is 0 Å². The van der Waals surface area contributed by atoms with E-state index in [1.165, 1.54) is 0 Å². The zero-order chi connectivity index (χ0) is 12.8. The summed E-state index contributed by atoms with van der Waals surface area (Å²) >= 11 is 0. The quantitative estimate of drug-likeness (QED) is 0.654. The van der Waals surface area contributed by atoms with Crippen molar-refractivity contribution in [3.05, 3.63) is 24.3 Å². The second-order valence-corrected chi connectivity index (χ2v) is 4.38. The molecular weight excluding hydrogens is 225 g/mol. The summed E-state index contributed by atoms with van der Waals surface area (Å²) in [5.41, 5.74) is 0. The van der Waals surface area contributed by atoms with Gasteiger partial charge in [0.05, 0.1) is 15.7 Å². The van der Waals surface area contributed by atoms with Crippen LogP contribution < -0.4 is 14.8 Å². The van der Waals surface area contributed by atoms with Crippen LogP contribution in [0.1, 0.15) is 0 Å². The molecule has 3 rings (SSSR count). The fraction of sp³-hybridized carbons (Fsp3) is 0.364. The molecule has 0 spiro atoms. The van der Waals surface area contributed by atoms with Gasteiger partial charge in [-0.1, -0.05) is 12.1 Å². The van der Waals surface area contributed by atoms with Gasteiger partial charge in [-0.05, 0) is 17.5 Å². The Morgan fingerprint density at radius 1 is 1.28 bits per heavy atom. The smallest absolute Gasteiger partial charge is 0.189 e. The molecule has 2 unspecified atom stereocenters. The van der Waals surface area contributed by atoms with Gasteiger partial charge in [-0.3, -0.25) is 4.99 Å². The van der Waals surface area contributed by atoms with Crippen molar-refractivity contribution >= 4 is 29.4 Å². The molecule has 2 atom stereocenters. The topological polar surface area (TPSA) is 42.9 Å². The van der Waals surface area contributed by atoms with Gasteiger partial charge in [0.2, 0.25) is 0 Å². The molecule has 84 valence electrons. The molecule has 7 heteroatoms. The molecule has 2 aliphatic rings. The van der Waals surface area contributed by atoms with Gasteiger partial charge in [-0.2, -0.15) is 0 Å². The van der Waals surface area contributed by atoms with Crippen molar-refractivity contribution in [3.63, 3.8) is 0 Å². The van der Waals surface area contributed by atoms with Crippen LogP contribution in [0, 0.1) is 0 Å². The van der Waals surface area contributed by atoms with E-state index in [4.69, 9.17) is 33.0 Å². The number of para-hydroxylation sites is 2. The third-order valence-corrected chi connectivity index (χ3v) is 2.93. The van der Waals surface area contributed by atoms with Crippen molar-refractivity contribution in [3.8, 4) is 11.5 Å². The van der Waals surface area contributed by atoms with E-state index in [1.807, 2.05) is 24.3 Å². The van der Waals surface area contributed by atoms with Crippen molar-refractivity contribution in [2.75, 3.05) is 6.61 Å². The Morgan fingerprint density at radius 3 is 2.67 bits per heavy atom. The number of amidine groups is 1. The van der Waals surface area contributed by atoms with Crippen molar-refractivity contribution < 1.29 is 9.47 Å². The molecule has 0 aliphatic carbocycles. The minimum Gasteiger partial charge on any atom is -0.485 e. The molecule has 0 aromatic heterocycles. The Hall–Kier alpha value is -1.52. The molecule has 6 radical (unpaired) electrons. The van der Waals surface area contributed by atoms with Crippen LogP contribution in [0.4, 0.5) is 0 Å². The number of rotatable bonds is 1. The average molecular weight is 234 g/mol. The lowest BCUT2D eigenvalue weighted by molar-refractivity contribution is 0.133. The van der Waals surface area contributed by atoms with Crippen molar-refractivity contribution in [1.82, 2.24) is 5.32 Å². The molecule has 1 N–H and O–H groups in total. The molecule has 4 nitrogen and oxygen atoms in total. The molecule has 0 amide bonds. The van der Waals surface area contributed by atoms with Crippen molar-refractivity contribution in [2.24, 2.45) is 4.99 Å². The molecule has 2 aliphatic heterocycles. The van der Waals surface area contributed by atoms with Gasteiger partial charge in [0.15, 0.2) is 17.6 Å². The zero-order valence-electron chi connectivity index (χ0n) is 9.67. The minimum atomic E-state index is -1.24. The lowest BCUT2D eigenvalue weighted by atomic mass is 9.54. The molecule has 1 aromatic rings. The maximum atomic E-state index is 5.77. The summed E-state index contributed by atoms with van der Waals surface area (Å²) in [4.78, 5) is 4.17. The first-order valence-electron chi connectivity index (χ1n) is 5.64. The first kappa shape index (κ1) is 11.6. The number of nitrogens with zero attached hydrogens (tertiary/aromatic N) is 1. The summed E-state index contributed by atoms with van der Waals surface area (Å²) in [5, 5.41) is 1.62. The molecule has 0 fully saturated rings.